The second-order valence-electron chi connectivity index (χ2n) is 6.96. The average molecular weight is 441 g/mol. The molecule has 3 aromatic carbocycles. The van der Waals surface area contributed by atoms with Crippen LogP contribution in [-0.4, -0.2) is 30.4 Å². The zero-order valence-corrected chi connectivity index (χ0v) is 15.7. The molecule has 0 bridgehead atoms. The number of alkyl halides is 6. The third-order valence-electron chi connectivity index (χ3n) is 5.22. The molecular formula is C21H13F6NO3. The molecule has 0 aromatic heterocycles. The van der Waals surface area contributed by atoms with Gasteiger partial charge in [-0.3, -0.25) is 4.79 Å². The standard InChI is InChI=1S/C21H13F6NO3/c1-31-10-6-7-16-14(8-10)19(30,21(25,26)27)15-9-13(18(29)20(22,23)24)11-4-2-3-5-12(11)17(15)28-16/h2-9,28,30H,1H3. The van der Waals surface area contributed by atoms with E-state index in [0.717, 1.165) is 6.07 Å². The topological polar surface area (TPSA) is 58.6 Å². The first-order valence-electron chi connectivity index (χ1n) is 8.82. The molecule has 1 atom stereocenters. The molecule has 1 heterocycles. The van der Waals surface area contributed by atoms with Gasteiger partial charge >= 0.3 is 12.4 Å². The van der Waals surface area contributed by atoms with Crippen LogP contribution in [0.25, 0.3) is 10.8 Å². The Morgan fingerprint density at radius 1 is 0.968 bits per heavy atom. The fraction of sp³-hybridized carbons (Fsp3) is 0.190. The highest BCUT2D eigenvalue weighted by atomic mass is 19.4. The summed E-state index contributed by atoms with van der Waals surface area (Å²) in [4.78, 5) is 12.0. The van der Waals surface area contributed by atoms with Crippen molar-refractivity contribution < 1.29 is 41.0 Å². The number of ether oxygens (including phenoxy) is 1. The predicted molar refractivity (Wildman–Crippen MR) is 99.7 cm³/mol. The van der Waals surface area contributed by atoms with E-state index in [4.69, 9.17) is 4.74 Å². The second kappa shape index (κ2) is 6.61. The van der Waals surface area contributed by atoms with Gasteiger partial charge in [0.1, 0.15) is 5.75 Å². The lowest BCUT2D eigenvalue weighted by Crippen LogP contribution is -2.46. The third kappa shape index (κ3) is 3.01. The molecule has 0 spiro atoms. The number of aliphatic hydroxyl groups is 1. The average Bonchev–Trinajstić information content (AvgIpc) is 2.71. The lowest BCUT2D eigenvalue weighted by atomic mass is 9.78. The summed E-state index contributed by atoms with van der Waals surface area (Å²) in [5.41, 5.74) is -6.60. The molecule has 0 saturated carbocycles. The Morgan fingerprint density at radius 2 is 1.61 bits per heavy atom. The van der Waals surface area contributed by atoms with Gasteiger partial charge in [-0.05, 0) is 29.7 Å². The molecule has 4 nitrogen and oxygen atoms in total. The van der Waals surface area contributed by atoms with Gasteiger partial charge in [-0.2, -0.15) is 26.3 Å². The van der Waals surface area contributed by atoms with E-state index in [1.165, 1.54) is 43.5 Å². The molecule has 10 heteroatoms. The summed E-state index contributed by atoms with van der Waals surface area (Å²) in [7, 11) is 1.21. The van der Waals surface area contributed by atoms with E-state index in [2.05, 4.69) is 5.32 Å². The number of hydrogen-bond donors (Lipinski definition) is 2. The maximum Gasteiger partial charge on any atom is 0.454 e. The van der Waals surface area contributed by atoms with E-state index in [1.807, 2.05) is 0 Å². The van der Waals surface area contributed by atoms with Crippen LogP contribution in [-0.2, 0) is 5.60 Å². The Hall–Kier alpha value is -3.27. The lowest BCUT2D eigenvalue weighted by molar-refractivity contribution is -0.248. The zero-order valence-electron chi connectivity index (χ0n) is 15.7. The van der Waals surface area contributed by atoms with Crippen molar-refractivity contribution >= 4 is 27.9 Å². The van der Waals surface area contributed by atoms with Crippen molar-refractivity contribution in [1.82, 2.24) is 0 Å². The van der Waals surface area contributed by atoms with Crippen molar-refractivity contribution in [3.05, 3.63) is 65.2 Å². The van der Waals surface area contributed by atoms with Gasteiger partial charge < -0.3 is 15.2 Å². The number of halogens is 6. The Labute approximate surface area is 171 Å². The number of carbonyl (C=O) groups excluding carboxylic acids is 1. The Kier molecular flexibility index (Phi) is 4.48. The molecule has 0 radical (unpaired) electrons. The molecule has 31 heavy (non-hydrogen) atoms. The number of rotatable bonds is 2. The van der Waals surface area contributed by atoms with Crippen LogP contribution in [0.1, 0.15) is 21.5 Å². The van der Waals surface area contributed by atoms with Crippen LogP contribution in [0.5, 0.6) is 5.75 Å². The van der Waals surface area contributed by atoms with Gasteiger partial charge in [0.2, 0.25) is 5.60 Å². The van der Waals surface area contributed by atoms with Crippen LogP contribution in [0.15, 0.2) is 48.5 Å². The van der Waals surface area contributed by atoms with Crippen LogP contribution >= 0.6 is 0 Å². The van der Waals surface area contributed by atoms with Crippen LogP contribution < -0.4 is 10.1 Å². The van der Waals surface area contributed by atoms with Crippen molar-refractivity contribution in [1.29, 1.82) is 0 Å². The monoisotopic (exact) mass is 441 g/mol. The molecule has 3 aromatic rings. The molecule has 0 amide bonds. The van der Waals surface area contributed by atoms with Crippen LogP contribution in [0.2, 0.25) is 0 Å². The van der Waals surface area contributed by atoms with Gasteiger partial charge in [-0.15, -0.1) is 0 Å². The molecule has 1 aliphatic rings. The largest absolute Gasteiger partial charge is 0.497 e. The number of ketones is 1. The van der Waals surface area contributed by atoms with E-state index in [0.29, 0.717) is 6.07 Å². The van der Waals surface area contributed by atoms with E-state index >= 15 is 0 Å². The molecule has 0 fully saturated rings. The second-order valence-corrected chi connectivity index (χ2v) is 6.96. The number of benzene rings is 3. The summed E-state index contributed by atoms with van der Waals surface area (Å²) in [5.74, 6) is -2.31. The van der Waals surface area contributed by atoms with Gasteiger partial charge in [0.05, 0.1) is 12.8 Å². The Balaban J connectivity index is 2.14. The van der Waals surface area contributed by atoms with Gasteiger partial charge in [-0.1, -0.05) is 24.3 Å². The summed E-state index contributed by atoms with van der Waals surface area (Å²) < 4.78 is 87.3. The molecule has 1 unspecified atom stereocenters. The molecule has 0 saturated heterocycles. The molecule has 0 aliphatic carbocycles. The molecule has 162 valence electrons. The minimum Gasteiger partial charge on any atom is -0.497 e. The van der Waals surface area contributed by atoms with Crippen LogP contribution in [0, 0.1) is 0 Å². The minimum atomic E-state index is -5.33. The number of Topliss-reactive ketones (excluding diaryl/α,β-unsaturated/α-hetero) is 1. The summed E-state index contributed by atoms with van der Waals surface area (Å²) in [6, 6.07) is 9.28. The van der Waals surface area contributed by atoms with Gasteiger partial charge in [0.25, 0.3) is 5.78 Å². The van der Waals surface area contributed by atoms with E-state index in [9.17, 15) is 36.2 Å². The fourth-order valence-electron chi connectivity index (χ4n) is 3.78. The molecule has 2 N–H and O–H groups in total. The fourth-order valence-corrected chi connectivity index (χ4v) is 3.78. The number of anilines is 2. The number of fused-ring (bicyclic) bond motifs is 4. The highest BCUT2D eigenvalue weighted by Gasteiger charge is 2.60. The number of nitrogens with one attached hydrogen (secondary N) is 1. The van der Waals surface area contributed by atoms with Crippen molar-refractivity contribution in [3.63, 3.8) is 0 Å². The number of carbonyl (C=O) groups is 1. The normalized spacial score (nSPS) is 18.2. The summed E-state index contributed by atoms with van der Waals surface area (Å²) in [5, 5.41) is 13.5. The molecule has 1 aliphatic heterocycles. The highest BCUT2D eigenvalue weighted by Crippen LogP contribution is 2.55. The SMILES string of the molecule is COc1ccc2c(c1)C(O)(C(F)(F)F)c1cc(C(=O)C(F)(F)F)c3ccccc3c1N2. The summed E-state index contributed by atoms with van der Waals surface area (Å²) in [6.07, 6.45) is -10.7. The highest BCUT2D eigenvalue weighted by molar-refractivity contribution is 6.14. The van der Waals surface area contributed by atoms with Crippen LogP contribution in [0.3, 0.4) is 0 Å². The predicted octanol–water partition coefficient (Wildman–Crippen LogP) is 5.45. The number of methoxy groups -OCH3 is 1. The third-order valence-corrected chi connectivity index (χ3v) is 5.22. The Bertz CT molecular complexity index is 1220. The quantitative estimate of drug-likeness (QED) is 0.410. The van der Waals surface area contributed by atoms with E-state index in [1.54, 1.807) is 0 Å². The molecule has 4 rings (SSSR count). The van der Waals surface area contributed by atoms with E-state index in [-0.39, 0.29) is 27.9 Å². The number of hydrogen-bond acceptors (Lipinski definition) is 4. The first-order valence-corrected chi connectivity index (χ1v) is 8.82. The van der Waals surface area contributed by atoms with Crippen LogP contribution in [0.4, 0.5) is 37.7 Å². The van der Waals surface area contributed by atoms with E-state index < -0.39 is 40.4 Å². The van der Waals surface area contributed by atoms with Crippen molar-refractivity contribution in [2.45, 2.75) is 18.0 Å². The van der Waals surface area contributed by atoms with Crippen molar-refractivity contribution in [3.8, 4) is 5.75 Å². The molecular weight excluding hydrogens is 428 g/mol. The van der Waals surface area contributed by atoms with Gasteiger partial charge in [0, 0.05) is 27.8 Å². The smallest absolute Gasteiger partial charge is 0.454 e. The summed E-state index contributed by atoms with van der Waals surface area (Å²) in [6.45, 7) is 0. The lowest BCUT2D eigenvalue weighted by Gasteiger charge is -2.39. The van der Waals surface area contributed by atoms with Gasteiger partial charge in [-0.25, -0.2) is 0 Å². The maximum absolute atomic E-state index is 14.3. The summed E-state index contributed by atoms with van der Waals surface area (Å²) >= 11 is 0. The van der Waals surface area contributed by atoms with Crippen molar-refractivity contribution in [2.75, 3.05) is 12.4 Å². The zero-order chi connectivity index (χ0) is 22.8. The van der Waals surface area contributed by atoms with Gasteiger partial charge in [0.15, 0.2) is 0 Å². The van der Waals surface area contributed by atoms with Crippen molar-refractivity contribution in [2.24, 2.45) is 0 Å². The first kappa shape index (κ1) is 21.0. The maximum atomic E-state index is 14.3. The Morgan fingerprint density at radius 3 is 2.19 bits per heavy atom. The first-order chi connectivity index (χ1) is 14.4. The minimum absolute atomic E-state index is 0.000874.